The van der Waals surface area contributed by atoms with Crippen LogP contribution in [0.4, 0.5) is 0 Å². The van der Waals surface area contributed by atoms with Crippen LogP contribution in [0.2, 0.25) is 0 Å². The molecule has 0 fully saturated rings. The molecule has 128 valence electrons. The van der Waals surface area contributed by atoms with Crippen LogP contribution in [-0.2, 0) is 15.8 Å². The minimum Gasteiger partial charge on any atom is -0.487 e. The number of nitrogens with one attached hydrogen (secondary N) is 1. The van der Waals surface area contributed by atoms with Gasteiger partial charge in [-0.05, 0) is 38.0 Å². The molecule has 0 saturated carbocycles. The molecule has 0 unspecified atom stereocenters. The monoisotopic (exact) mass is 345 g/mol. The first-order valence-electron chi connectivity index (χ1n) is 8.08. The van der Waals surface area contributed by atoms with Crippen LogP contribution >= 0.6 is 0 Å². The van der Waals surface area contributed by atoms with Crippen molar-refractivity contribution in [3.05, 3.63) is 65.2 Å². The molecule has 3 rings (SSSR count). The van der Waals surface area contributed by atoms with E-state index in [1.165, 1.54) is 0 Å². The van der Waals surface area contributed by atoms with Crippen molar-refractivity contribution in [2.24, 2.45) is 0 Å². The molecule has 4 nitrogen and oxygen atoms in total. The average molecular weight is 345 g/mol. The lowest BCUT2D eigenvalue weighted by atomic mass is 9.90. The quantitative estimate of drug-likeness (QED) is 0.919. The smallest absolute Gasteiger partial charge is 0.216 e. The largest absolute Gasteiger partial charge is 0.487 e. The number of ether oxygens (including phenoxy) is 1. The molecular weight excluding hydrogens is 322 g/mol. The number of aryl methyl sites for hydroxylation is 1. The van der Waals surface area contributed by atoms with Crippen LogP contribution in [0.3, 0.4) is 0 Å². The number of benzene rings is 2. The van der Waals surface area contributed by atoms with E-state index in [1.54, 1.807) is 0 Å². The molecule has 0 radical (unpaired) electrons. The van der Waals surface area contributed by atoms with Gasteiger partial charge in [-0.25, -0.2) is 13.1 Å². The normalized spacial score (nSPS) is 19.4. The standard InChI is InChI=1S/C19H23NO3S/c1-14-8-4-5-9-15(14)13-24(21,22)20-17-12-19(2,3)23-18-11-7-6-10-16(17)18/h4-11,17,20H,12-13H2,1-3H3/t17-/m0/s1. The van der Waals surface area contributed by atoms with Crippen molar-refractivity contribution in [1.29, 1.82) is 0 Å². The Kier molecular flexibility index (Phi) is 4.40. The van der Waals surface area contributed by atoms with E-state index >= 15 is 0 Å². The van der Waals surface area contributed by atoms with Crippen molar-refractivity contribution >= 4 is 10.0 Å². The average Bonchev–Trinajstić information content (AvgIpc) is 2.48. The molecular formula is C19H23NO3S. The van der Waals surface area contributed by atoms with E-state index in [9.17, 15) is 8.42 Å². The fourth-order valence-corrected chi connectivity index (χ4v) is 4.60. The fourth-order valence-electron chi connectivity index (χ4n) is 3.14. The zero-order valence-corrected chi connectivity index (χ0v) is 15.1. The minimum absolute atomic E-state index is 0.0143. The van der Waals surface area contributed by atoms with Crippen molar-refractivity contribution in [2.45, 2.75) is 44.6 Å². The summed E-state index contributed by atoms with van der Waals surface area (Å²) in [5.41, 5.74) is 2.29. The lowest BCUT2D eigenvalue weighted by Gasteiger charge is -2.37. The lowest BCUT2D eigenvalue weighted by Crippen LogP contribution is -2.41. The Morgan fingerprint density at radius 2 is 1.79 bits per heavy atom. The summed E-state index contributed by atoms with van der Waals surface area (Å²) in [6.45, 7) is 5.88. The Morgan fingerprint density at radius 1 is 1.12 bits per heavy atom. The second-order valence-corrected chi connectivity index (χ2v) is 8.71. The highest BCUT2D eigenvalue weighted by Gasteiger charge is 2.35. The first-order chi connectivity index (χ1) is 11.3. The molecule has 0 spiro atoms. The van der Waals surface area contributed by atoms with Gasteiger partial charge in [0.05, 0.1) is 11.8 Å². The third-order valence-corrected chi connectivity index (χ3v) is 5.64. The Labute approximate surface area is 143 Å². The van der Waals surface area contributed by atoms with E-state index in [4.69, 9.17) is 4.74 Å². The Balaban J connectivity index is 1.86. The van der Waals surface area contributed by atoms with Crippen molar-refractivity contribution in [3.8, 4) is 5.75 Å². The van der Waals surface area contributed by atoms with Gasteiger partial charge < -0.3 is 4.74 Å². The van der Waals surface area contributed by atoms with E-state index in [1.807, 2.05) is 69.3 Å². The summed E-state index contributed by atoms with van der Waals surface area (Å²) in [5.74, 6) is 0.733. The summed E-state index contributed by atoms with van der Waals surface area (Å²) >= 11 is 0. The molecule has 0 amide bonds. The first kappa shape index (κ1) is 17.0. The van der Waals surface area contributed by atoms with Gasteiger partial charge in [0.25, 0.3) is 0 Å². The Morgan fingerprint density at radius 3 is 2.54 bits per heavy atom. The number of sulfonamides is 1. The molecule has 24 heavy (non-hydrogen) atoms. The molecule has 2 aromatic rings. The zero-order valence-electron chi connectivity index (χ0n) is 14.2. The third kappa shape index (κ3) is 3.79. The maximum Gasteiger partial charge on any atom is 0.216 e. The van der Waals surface area contributed by atoms with Crippen molar-refractivity contribution in [1.82, 2.24) is 4.72 Å². The van der Waals surface area contributed by atoms with Gasteiger partial charge in [0.2, 0.25) is 10.0 Å². The van der Waals surface area contributed by atoms with Gasteiger partial charge in [0, 0.05) is 12.0 Å². The van der Waals surface area contributed by atoms with Crippen LogP contribution in [0.1, 0.15) is 43.0 Å². The highest BCUT2D eigenvalue weighted by molar-refractivity contribution is 7.88. The fraction of sp³-hybridized carbons (Fsp3) is 0.368. The predicted octanol–water partition coefficient (Wildman–Crippen LogP) is 3.72. The molecule has 2 aromatic carbocycles. The van der Waals surface area contributed by atoms with Crippen LogP contribution in [-0.4, -0.2) is 14.0 Å². The topological polar surface area (TPSA) is 55.4 Å². The summed E-state index contributed by atoms with van der Waals surface area (Å²) in [5, 5.41) is 0. The maximum absolute atomic E-state index is 12.7. The van der Waals surface area contributed by atoms with Gasteiger partial charge in [-0.15, -0.1) is 0 Å². The molecule has 0 aromatic heterocycles. The molecule has 5 heteroatoms. The van der Waals surface area contributed by atoms with Crippen LogP contribution in [0.15, 0.2) is 48.5 Å². The van der Waals surface area contributed by atoms with E-state index in [2.05, 4.69) is 4.72 Å². The van der Waals surface area contributed by atoms with Crippen molar-refractivity contribution in [2.75, 3.05) is 0 Å². The van der Waals surface area contributed by atoms with E-state index in [0.717, 1.165) is 22.4 Å². The molecule has 1 N–H and O–H groups in total. The molecule has 0 saturated heterocycles. The van der Waals surface area contributed by atoms with Gasteiger partial charge in [-0.1, -0.05) is 42.5 Å². The first-order valence-corrected chi connectivity index (χ1v) is 9.73. The SMILES string of the molecule is Cc1ccccc1CS(=O)(=O)N[C@H]1CC(C)(C)Oc2ccccc21. The van der Waals surface area contributed by atoms with Crippen molar-refractivity contribution in [3.63, 3.8) is 0 Å². The minimum atomic E-state index is -3.46. The Bertz CT molecular complexity index is 843. The second-order valence-electron chi connectivity index (χ2n) is 6.96. The molecule has 1 atom stereocenters. The van der Waals surface area contributed by atoms with Crippen LogP contribution in [0, 0.1) is 6.92 Å². The maximum atomic E-state index is 12.7. The van der Waals surface area contributed by atoms with E-state index in [-0.39, 0.29) is 11.8 Å². The lowest BCUT2D eigenvalue weighted by molar-refractivity contribution is 0.0702. The number of para-hydroxylation sites is 1. The highest BCUT2D eigenvalue weighted by atomic mass is 32.2. The summed E-state index contributed by atoms with van der Waals surface area (Å²) in [6, 6.07) is 14.9. The highest BCUT2D eigenvalue weighted by Crippen LogP contribution is 2.39. The van der Waals surface area contributed by atoms with Gasteiger partial charge >= 0.3 is 0 Å². The van der Waals surface area contributed by atoms with Crippen LogP contribution < -0.4 is 9.46 Å². The van der Waals surface area contributed by atoms with E-state index < -0.39 is 15.6 Å². The van der Waals surface area contributed by atoms with Gasteiger partial charge in [-0.3, -0.25) is 0 Å². The number of hydrogen-bond donors (Lipinski definition) is 1. The number of fused-ring (bicyclic) bond motifs is 1. The zero-order chi connectivity index (χ0) is 17.4. The summed E-state index contributed by atoms with van der Waals surface area (Å²) < 4.78 is 34.2. The Hall–Kier alpha value is -1.85. The molecule has 1 aliphatic rings. The second kappa shape index (κ2) is 6.22. The molecule has 1 aliphatic heterocycles. The van der Waals surface area contributed by atoms with Crippen LogP contribution in [0.25, 0.3) is 0 Å². The third-order valence-electron chi connectivity index (χ3n) is 4.30. The van der Waals surface area contributed by atoms with Gasteiger partial charge in [-0.2, -0.15) is 0 Å². The van der Waals surface area contributed by atoms with E-state index in [0.29, 0.717) is 6.42 Å². The summed E-state index contributed by atoms with van der Waals surface area (Å²) in [4.78, 5) is 0. The molecule has 1 heterocycles. The van der Waals surface area contributed by atoms with Gasteiger partial charge in [0.1, 0.15) is 11.4 Å². The number of hydrogen-bond acceptors (Lipinski definition) is 3. The van der Waals surface area contributed by atoms with Crippen LogP contribution in [0.5, 0.6) is 5.75 Å². The molecule has 0 aliphatic carbocycles. The molecule has 0 bridgehead atoms. The van der Waals surface area contributed by atoms with Crippen molar-refractivity contribution < 1.29 is 13.2 Å². The van der Waals surface area contributed by atoms with Gasteiger partial charge in [0.15, 0.2) is 0 Å². The summed E-state index contributed by atoms with van der Waals surface area (Å²) in [6.07, 6.45) is 0.594. The summed E-state index contributed by atoms with van der Waals surface area (Å²) in [7, 11) is -3.46. The predicted molar refractivity (Wildman–Crippen MR) is 95.4 cm³/mol. The number of rotatable bonds is 4.